The number of carboxylic acids is 2. The van der Waals surface area contributed by atoms with Gasteiger partial charge in [-0.15, -0.1) is 0 Å². The number of carbonyl (C=O) groups excluding carboxylic acids is 19. The lowest BCUT2D eigenvalue weighted by molar-refractivity contribution is -0.142. The highest BCUT2D eigenvalue weighted by atomic mass is 16.4. The van der Waals surface area contributed by atoms with Crippen LogP contribution in [0.5, 0.6) is 5.75 Å². The molecule has 19 amide bonds. The molecule has 0 aliphatic rings. The molecule has 4 aromatic rings. The third-order valence-corrected chi connectivity index (χ3v) is 19.0. The number of H-pyrrole nitrogens is 2. The Labute approximate surface area is 729 Å². The van der Waals surface area contributed by atoms with Crippen molar-refractivity contribution in [2.75, 3.05) is 32.8 Å². The van der Waals surface area contributed by atoms with Gasteiger partial charge in [0, 0.05) is 55.4 Å². The number of nitrogens with one attached hydrogen (secondary N) is 19. The lowest BCUT2D eigenvalue weighted by Crippen LogP contribution is -2.63. The van der Waals surface area contributed by atoms with Gasteiger partial charge in [0.1, 0.15) is 90.3 Å². The molecule has 0 fully saturated rings. The number of rotatable bonds is 54. The van der Waals surface area contributed by atoms with Crippen molar-refractivity contribution in [3.63, 3.8) is 0 Å². The number of imidazole rings is 1. The van der Waals surface area contributed by atoms with Gasteiger partial charge in [0.05, 0.1) is 69.5 Å². The Morgan fingerprint density at radius 2 is 0.836 bits per heavy atom. The number of primary amides is 2. The fourth-order valence-corrected chi connectivity index (χ4v) is 11.8. The molecule has 128 heavy (non-hydrogen) atoms. The number of phenols is 1. The summed E-state index contributed by atoms with van der Waals surface area (Å²) < 4.78 is 0. The number of aliphatic hydroxyl groups excluding tert-OH is 4. The van der Waals surface area contributed by atoms with E-state index in [0.29, 0.717) is 22.0 Å². The number of aliphatic carboxylic acids is 2. The number of nitrogens with zero attached hydrogens (tertiary/aromatic N) is 1. The number of hydrogen-bond donors (Lipinski definition) is 29. The number of nitrogens with two attached hydrogens (primary N) is 3. The molecule has 17 atom stereocenters. The molecule has 0 aliphatic carbocycles. The number of amides is 19. The number of carbonyl (C=O) groups is 21. The molecular weight excluding hydrogens is 1690 g/mol. The van der Waals surface area contributed by atoms with Gasteiger partial charge < -0.3 is 153 Å². The lowest BCUT2D eigenvalue weighted by Gasteiger charge is -2.29. The minimum absolute atomic E-state index is 0.203. The quantitative estimate of drug-likeness (QED) is 0.0195. The summed E-state index contributed by atoms with van der Waals surface area (Å²) in [5.74, 6) is -24.4. The molecule has 4 rings (SSSR count). The van der Waals surface area contributed by atoms with E-state index in [0.717, 1.165) is 27.7 Å². The molecule has 0 unspecified atom stereocenters. The van der Waals surface area contributed by atoms with Crippen molar-refractivity contribution >= 4 is 135 Å². The maximum Gasteiger partial charge on any atom is 0.325 e. The highest BCUT2D eigenvalue weighted by Gasteiger charge is 2.39. The first-order valence-corrected chi connectivity index (χ1v) is 39.8. The summed E-state index contributed by atoms with van der Waals surface area (Å²) in [6, 6.07) is -13.1. The number of aromatic nitrogens is 3. The second kappa shape index (κ2) is 51.8. The average molecular weight is 1810 g/mol. The molecule has 0 aliphatic heterocycles. The third kappa shape index (κ3) is 35.7. The van der Waals surface area contributed by atoms with Crippen LogP contribution in [0.2, 0.25) is 0 Å². The van der Waals surface area contributed by atoms with E-state index < -0.39 is 304 Å². The summed E-state index contributed by atoms with van der Waals surface area (Å²) in [7, 11) is 0. The number of aliphatic hydroxyl groups is 4. The van der Waals surface area contributed by atoms with Crippen molar-refractivity contribution in [3.8, 4) is 5.75 Å². The molecule has 0 saturated carbocycles. The maximum atomic E-state index is 14.5. The first kappa shape index (κ1) is 106. The van der Waals surface area contributed by atoms with Gasteiger partial charge in [0.15, 0.2) is 0 Å². The van der Waals surface area contributed by atoms with Crippen molar-refractivity contribution in [1.29, 1.82) is 0 Å². The van der Waals surface area contributed by atoms with Gasteiger partial charge in [-0.05, 0) is 89.6 Å². The molecule has 2 aromatic carbocycles. The van der Waals surface area contributed by atoms with E-state index >= 15 is 0 Å². The second-order valence-corrected chi connectivity index (χ2v) is 30.0. The minimum Gasteiger partial charge on any atom is -0.508 e. The summed E-state index contributed by atoms with van der Waals surface area (Å²) in [5.41, 5.74) is 17.6. The van der Waals surface area contributed by atoms with E-state index in [1.807, 2.05) is 0 Å². The number of benzene rings is 2. The van der Waals surface area contributed by atoms with E-state index in [1.54, 1.807) is 24.3 Å². The molecule has 2 heterocycles. The number of aromatic amines is 2. The van der Waals surface area contributed by atoms with Crippen LogP contribution in [-0.4, -0.2) is 311 Å². The van der Waals surface area contributed by atoms with Crippen LogP contribution in [0.15, 0.2) is 67.3 Å². The van der Waals surface area contributed by atoms with E-state index in [-0.39, 0.29) is 24.3 Å². The predicted molar refractivity (Wildman–Crippen MR) is 442 cm³/mol. The lowest BCUT2D eigenvalue weighted by atomic mass is 10.0. The summed E-state index contributed by atoms with van der Waals surface area (Å²) >= 11 is 0. The summed E-state index contributed by atoms with van der Waals surface area (Å²) in [6.45, 7) is 4.70. The Hall–Kier alpha value is -14.3. The molecule has 2 aromatic heterocycles. The van der Waals surface area contributed by atoms with Crippen molar-refractivity contribution in [1.82, 2.24) is 105 Å². The molecular formula is C77H111N23O28. The van der Waals surface area contributed by atoms with Crippen LogP contribution in [0, 0.1) is 5.92 Å². The number of fused-ring (bicyclic) bond motifs is 1. The topological polar surface area (TPSA) is 827 Å². The zero-order chi connectivity index (χ0) is 96.1. The monoisotopic (exact) mass is 1810 g/mol. The first-order valence-electron chi connectivity index (χ1n) is 39.8. The van der Waals surface area contributed by atoms with Crippen molar-refractivity contribution in [2.45, 2.75) is 210 Å². The highest BCUT2D eigenvalue weighted by Crippen LogP contribution is 2.20. The van der Waals surface area contributed by atoms with Gasteiger partial charge >= 0.3 is 11.9 Å². The van der Waals surface area contributed by atoms with Gasteiger partial charge in [0.2, 0.25) is 112 Å². The zero-order valence-corrected chi connectivity index (χ0v) is 70.8. The van der Waals surface area contributed by atoms with Crippen LogP contribution in [-0.2, 0) is 120 Å². The normalized spacial score (nSPS) is 15.0. The van der Waals surface area contributed by atoms with Crippen LogP contribution >= 0.6 is 0 Å². The predicted octanol–water partition coefficient (Wildman–Crippen LogP) is -12.3. The van der Waals surface area contributed by atoms with E-state index in [2.05, 4.69) is 105 Å². The van der Waals surface area contributed by atoms with Crippen LogP contribution in [0.4, 0.5) is 0 Å². The van der Waals surface area contributed by atoms with Crippen LogP contribution < -0.4 is 108 Å². The maximum absolute atomic E-state index is 14.5. The van der Waals surface area contributed by atoms with E-state index in [4.69, 9.17) is 27.4 Å². The summed E-state index contributed by atoms with van der Waals surface area (Å²) in [6.07, 6.45) is -3.49. The Balaban J connectivity index is 1.45. The molecule has 0 bridgehead atoms. The highest BCUT2D eigenvalue weighted by molar-refractivity contribution is 6.02. The fourth-order valence-electron chi connectivity index (χ4n) is 11.8. The number of para-hydroxylation sites is 1. The van der Waals surface area contributed by atoms with Gasteiger partial charge in [0.25, 0.3) is 0 Å². The van der Waals surface area contributed by atoms with Crippen LogP contribution in [0.25, 0.3) is 10.9 Å². The molecule has 32 N–H and O–H groups in total. The molecule has 51 nitrogen and oxygen atoms in total. The number of carboxylic acid groups (broad SMARTS) is 2. The largest absolute Gasteiger partial charge is 0.508 e. The number of hydrogen-bond acceptors (Lipinski definition) is 28. The number of aromatic hydroxyl groups is 1. The Morgan fingerprint density at radius 1 is 0.406 bits per heavy atom. The van der Waals surface area contributed by atoms with Gasteiger partial charge in [-0.3, -0.25) is 101 Å². The fraction of sp³-hybridized carbons (Fsp3) is 0.506. The summed E-state index contributed by atoms with van der Waals surface area (Å²) in [4.78, 5) is 286. The Morgan fingerprint density at radius 3 is 1.39 bits per heavy atom. The molecule has 0 saturated heterocycles. The van der Waals surface area contributed by atoms with Crippen molar-refractivity contribution in [2.24, 2.45) is 23.1 Å². The number of phenolic OH excluding ortho intramolecular Hbond substituents is 1. The van der Waals surface area contributed by atoms with E-state index in [9.17, 15) is 126 Å². The minimum atomic E-state index is -2.05. The van der Waals surface area contributed by atoms with Gasteiger partial charge in [-0.25, -0.2) is 4.98 Å². The second-order valence-electron chi connectivity index (χ2n) is 30.0. The molecule has 51 heteroatoms. The molecule has 0 spiro atoms. The Kier molecular flexibility index (Phi) is 42.9. The summed E-state index contributed by atoms with van der Waals surface area (Å²) in [5, 5.41) is 110. The first-order chi connectivity index (χ1) is 60.1. The third-order valence-electron chi connectivity index (χ3n) is 19.0. The van der Waals surface area contributed by atoms with Crippen LogP contribution in [0.1, 0.15) is 104 Å². The SMILES string of the molecule is CC(C)[C@H](NC(=O)[C@H](Cc1ccc(O)cc1)NC(=O)[C@H](CCC(N)=O)NC(=O)CNC(=O)[C@H](CO)NC(=O)[C@H](Cc1c[nH]c2ccccc12)NC(=O)[C@@H](NC(=O)[C@@H](NC(=O)[C@H](C)NC(=O)[C@H](CO)NC(=O)[C@H](Cc1c[nH]cn1)NC(=O)[C@H](C)NC(=O)[C@@H](N)CC(N)=O)[C@@H](C)O)[C@@H](C)O)C(=O)NCC(=O)NCC(=O)N[C@@H](C)C(=O)N[C@@H](CCC(=O)O)C(=O)N[C@@H](C)C(=O)O. The Bertz CT molecular complexity index is 4620. The van der Waals surface area contributed by atoms with Crippen molar-refractivity contribution < 1.29 is 136 Å². The smallest absolute Gasteiger partial charge is 0.325 e. The van der Waals surface area contributed by atoms with Crippen molar-refractivity contribution in [3.05, 3.63) is 84.1 Å². The van der Waals surface area contributed by atoms with Gasteiger partial charge in [-0.1, -0.05) is 44.2 Å². The van der Waals surface area contributed by atoms with Crippen LogP contribution in [0.3, 0.4) is 0 Å². The average Bonchev–Trinajstić information content (AvgIpc) is 1.64. The van der Waals surface area contributed by atoms with E-state index in [1.165, 1.54) is 70.7 Å². The van der Waals surface area contributed by atoms with Gasteiger partial charge in [-0.2, -0.15) is 0 Å². The molecule has 0 radical (unpaired) electrons. The molecule has 702 valence electrons. The standard InChI is InChI=1S/C77H111N23O28/c1-33(2)60(74(124)85-27-56(108)83-28-57(109)87-34(3)63(113)92-48(18-20-59(111)112)68(118)90-37(6)77(127)128)98-72(122)49(21-40-13-15-43(105)16-14-40)94-69(119)47(17-19-54(79)106)91-58(110)29-84-67(117)52(30-101)96-70(120)50(22-41-25-82-46-12-10-9-11-44(41)46)95-75(125)61(38(7)103)100-76(126)62(39(8)104)99-65(115)36(5)89-73(123)53(31-102)97-71(121)51(23-42-26-81-32-86-42)93-64(114)35(4)88-66(116)45(78)24-55(80)107/h9-16,25-26,32-39,45,47-53,60-62,82,101-105H,17-24,27-31,78H2,1-8H3,(H2,79,106)(H2,80,107)(H,81,86)(H,83,108)(H,84,117)(H,85,124)(H,87,109)(H,88,116)(H,89,123)(H,90,118)(H,91,110)(H,92,113)(H,93,114)(H,94,119)(H,95,125)(H,96,120)(H,97,121)(H,98,122)(H,99,115)(H,100,126)(H,111,112)(H,127,128)/t34-,35-,36-,37-,38+,39+,45-,47-,48-,49-,50-,51-,52-,53-,60-,61-,62-/m0/s1. The zero-order valence-electron chi connectivity index (χ0n) is 70.8.